The van der Waals surface area contributed by atoms with Gasteiger partial charge in [0.1, 0.15) is 11.9 Å². The number of allylic oxidation sites excluding steroid dienone is 1. The number of amides is 3. The largest absolute Gasteiger partial charge is 0.378 e. The van der Waals surface area contributed by atoms with Crippen molar-refractivity contribution in [2.45, 2.75) is 49.9 Å². The Morgan fingerprint density at radius 3 is 2.06 bits per heavy atom. The summed E-state index contributed by atoms with van der Waals surface area (Å²) < 4.78 is 11.6. The van der Waals surface area contributed by atoms with Gasteiger partial charge in [-0.15, -0.1) is 0 Å². The molecule has 12 nitrogen and oxygen atoms in total. The number of likely N-dealkylation sites (tertiary alicyclic amines) is 1. The summed E-state index contributed by atoms with van der Waals surface area (Å²) in [5, 5.41) is 0. The molecule has 318 valence electrons. The number of imidazole rings is 1. The van der Waals surface area contributed by atoms with Crippen molar-refractivity contribution in [3.05, 3.63) is 144 Å². The second-order valence-corrected chi connectivity index (χ2v) is 16.7. The van der Waals surface area contributed by atoms with Gasteiger partial charge in [0.25, 0.3) is 0 Å². The summed E-state index contributed by atoms with van der Waals surface area (Å²) >= 11 is 0. The topological polar surface area (TPSA) is 124 Å². The summed E-state index contributed by atoms with van der Waals surface area (Å²) in [4.78, 5) is 62.2. The SMILES string of the molecule is CN(C)[C@@H](C(=O)N1CCC[C@H]1c1ncc(-c2ccc(-c3ccc(C4=CN=C([C@@H]5OCCN5C(=O)[C@H](CC(=O)N5CCOCC5)c5ccccc5)C4)cc3)cc2)[nH]1)c1ccccc1. The Hall–Kier alpha value is -6.21. The minimum absolute atomic E-state index is 0.0416. The lowest BCUT2D eigenvalue weighted by atomic mass is 9.93. The van der Waals surface area contributed by atoms with Gasteiger partial charge in [0.05, 0.1) is 49.4 Å². The van der Waals surface area contributed by atoms with Gasteiger partial charge in [0.2, 0.25) is 17.7 Å². The summed E-state index contributed by atoms with van der Waals surface area (Å²) in [6, 6.07) is 36.0. The number of hydrogen-bond donors (Lipinski definition) is 1. The Bertz CT molecular complexity index is 2420. The molecule has 4 aliphatic rings. The molecule has 5 heterocycles. The van der Waals surface area contributed by atoms with E-state index in [2.05, 4.69) is 53.5 Å². The highest BCUT2D eigenvalue weighted by Gasteiger charge is 2.40. The van der Waals surface area contributed by atoms with Crippen molar-refractivity contribution in [3.8, 4) is 22.4 Å². The van der Waals surface area contributed by atoms with Crippen LogP contribution in [0.5, 0.6) is 0 Å². The van der Waals surface area contributed by atoms with E-state index in [4.69, 9.17) is 19.5 Å². The molecule has 3 amide bonds. The molecule has 3 saturated heterocycles. The number of likely N-dealkylation sites (N-methyl/N-ethyl adjacent to an activating group) is 1. The molecule has 0 aliphatic carbocycles. The Morgan fingerprint density at radius 1 is 0.742 bits per heavy atom. The highest BCUT2D eigenvalue weighted by atomic mass is 16.5. The first-order chi connectivity index (χ1) is 30.3. The fourth-order valence-electron chi connectivity index (χ4n) is 9.24. The van der Waals surface area contributed by atoms with Crippen molar-refractivity contribution in [1.82, 2.24) is 29.6 Å². The molecule has 0 radical (unpaired) electrons. The van der Waals surface area contributed by atoms with Crippen LogP contribution < -0.4 is 0 Å². The Morgan fingerprint density at radius 2 is 1.39 bits per heavy atom. The van der Waals surface area contributed by atoms with Crippen LogP contribution in [0.4, 0.5) is 0 Å². The molecule has 62 heavy (non-hydrogen) atoms. The number of nitrogens with zero attached hydrogens (tertiary/aromatic N) is 6. The number of aromatic nitrogens is 2. The van der Waals surface area contributed by atoms with Gasteiger partial charge in [-0.3, -0.25) is 24.3 Å². The van der Waals surface area contributed by atoms with Gasteiger partial charge in [0, 0.05) is 45.2 Å². The zero-order valence-corrected chi connectivity index (χ0v) is 35.4. The third kappa shape index (κ3) is 8.63. The Kier molecular flexibility index (Phi) is 12.2. The standard InChI is InChI=1S/C50H53N7O5/c1-54(2)46(39-12-7-4-8-13-39)49(60)56-23-9-14-44(56)47-52-33-43(53-47)38-21-19-35(20-22-38)34-15-17-36(18-16-34)40-30-42(51-32-40)50-57(26-29-62-50)48(59)41(37-10-5-3-6-11-37)31-45(58)55-24-27-61-28-25-55/h3-8,10-13,15-22,32-33,41,44,46,50H,9,14,23-31H2,1-2H3,(H,52,53)/t41-,44+,46-,50+/m1/s1. The number of carbonyl (C=O) groups excluding carboxylic acids is 3. The summed E-state index contributed by atoms with van der Waals surface area (Å²) in [5.41, 5.74) is 8.84. The molecular weight excluding hydrogens is 779 g/mol. The molecule has 1 N–H and O–H groups in total. The van der Waals surface area contributed by atoms with Crippen molar-refractivity contribution in [3.63, 3.8) is 0 Å². The third-order valence-electron chi connectivity index (χ3n) is 12.6. The lowest BCUT2D eigenvalue weighted by molar-refractivity contribution is -0.141. The van der Waals surface area contributed by atoms with E-state index in [1.165, 1.54) is 0 Å². The monoisotopic (exact) mass is 831 g/mol. The van der Waals surface area contributed by atoms with Gasteiger partial charge in [-0.2, -0.15) is 0 Å². The van der Waals surface area contributed by atoms with Crippen LogP contribution >= 0.6 is 0 Å². The van der Waals surface area contributed by atoms with Crippen molar-refractivity contribution >= 4 is 29.0 Å². The second kappa shape index (κ2) is 18.4. The second-order valence-electron chi connectivity index (χ2n) is 16.7. The van der Waals surface area contributed by atoms with Gasteiger partial charge >= 0.3 is 0 Å². The van der Waals surface area contributed by atoms with Gasteiger partial charge in [-0.05, 0) is 65.9 Å². The number of nitrogens with one attached hydrogen (secondary N) is 1. The van der Waals surface area contributed by atoms with Crippen LogP contribution in [0.15, 0.2) is 127 Å². The fourth-order valence-corrected chi connectivity index (χ4v) is 9.24. The number of hydrogen-bond acceptors (Lipinski definition) is 8. The van der Waals surface area contributed by atoms with Crippen LogP contribution in [-0.2, 0) is 23.9 Å². The summed E-state index contributed by atoms with van der Waals surface area (Å²) in [7, 11) is 3.91. The first-order valence-corrected chi connectivity index (χ1v) is 21.7. The van der Waals surface area contributed by atoms with Crippen LogP contribution in [0.1, 0.15) is 66.2 Å². The number of H-pyrrole nitrogens is 1. The van der Waals surface area contributed by atoms with E-state index in [1.54, 1.807) is 9.80 Å². The molecule has 3 fully saturated rings. The highest BCUT2D eigenvalue weighted by Crippen LogP contribution is 2.36. The first-order valence-electron chi connectivity index (χ1n) is 21.7. The maximum Gasteiger partial charge on any atom is 0.245 e. The lowest BCUT2D eigenvalue weighted by Gasteiger charge is -2.31. The molecule has 5 aromatic rings. The molecule has 0 spiro atoms. The van der Waals surface area contributed by atoms with Crippen molar-refractivity contribution in [2.75, 3.05) is 60.1 Å². The molecule has 4 atom stereocenters. The zero-order valence-electron chi connectivity index (χ0n) is 35.4. The molecule has 0 unspecified atom stereocenters. The Labute approximate surface area is 362 Å². The molecule has 4 aromatic carbocycles. The highest BCUT2D eigenvalue weighted by molar-refractivity contribution is 6.03. The quantitative estimate of drug-likeness (QED) is 0.142. The Balaban J connectivity index is 0.827. The number of rotatable bonds is 12. The summed E-state index contributed by atoms with van der Waals surface area (Å²) in [5.74, 6) is 0.129. The molecule has 4 aliphatic heterocycles. The molecular formula is C50H53N7O5. The first kappa shape index (κ1) is 41.2. The van der Waals surface area contributed by atoms with E-state index in [0.29, 0.717) is 52.4 Å². The smallest absolute Gasteiger partial charge is 0.245 e. The van der Waals surface area contributed by atoms with Crippen molar-refractivity contribution in [2.24, 2.45) is 4.99 Å². The minimum atomic E-state index is -0.620. The van der Waals surface area contributed by atoms with Gasteiger partial charge < -0.3 is 29.2 Å². The number of ether oxygens (including phenoxy) is 2. The zero-order chi connectivity index (χ0) is 42.6. The van der Waals surface area contributed by atoms with Gasteiger partial charge in [0.15, 0.2) is 6.23 Å². The van der Waals surface area contributed by atoms with E-state index in [1.807, 2.05) is 97.0 Å². The molecule has 1 aromatic heterocycles. The predicted octanol–water partition coefficient (Wildman–Crippen LogP) is 7.11. The average molecular weight is 832 g/mol. The van der Waals surface area contributed by atoms with Crippen LogP contribution in [0.3, 0.4) is 0 Å². The van der Waals surface area contributed by atoms with Crippen LogP contribution in [0, 0.1) is 0 Å². The van der Waals surface area contributed by atoms with Crippen LogP contribution in [0.25, 0.3) is 28.0 Å². The van der Waals surface area contributed by atoms with E-state index < -0.39 is 12.1 Å². The van der Waals surface area contributed by atoms with Gasteiger partial charge in [-0.1, -0.05) is 109 Å². The molecule has 0 bridgehead atoms. The number of benzene rings is 4. The number of carbonyl (C=O) groups is 3. The maximum absolute atomic E-state index is 14.3. The minimum Gasteiger partial charge on any atom is -0.378 e. The van der Waals surface area contributed by atoms with Crippen LogP contribution in [0.2, 0.25) is 0 Å². The molecule has 0 saturated carbocycles. The third-order valence-corrected chi connectivity index (χ3v) is 12.6. The number of aromatic amines is 1. The van der Waals surface area contributed by atoms with Crippen LogP contribution in [-0.4, -0.2) is 119 Å². The molecule has 9 rings (SSSR count). The van der Waals surface area contributed by atoms with Gasteiger partial charge in [-0.25, -0.2) is 4.98 Å². The summed E-state index contributed by atoms with van der Waals surface area (Å²) in [6.45, 7) is 3.65. The molecule has 12 heteroatoms. The average Bonchev–Trinajstić information content (AvgIpc) is 4.17. The van der Waals surface area contributed by atoms with E-state index >= 15 is 0 Å². The summed E-state index contributed by atoms with van der Waals surface area (Å²) in [6.07, 6.45) is 5.62. The lowest BCUT2D eigenvalue weighted by Crippen LogP contribution is -2.45. The van der Waals surface area contributed by atoms with Crippen molar-refractivity contribution < 1.29 is 23.9 Å². The van der Waals surface area contributed by atoms with Crippen molar-refractivity contribution in [1.29, 1.82) is 0 Å². The predicted molar refractivity (Wildman–Crippen MR) is 239 cm³/mol. The maximum atomic E-state index is 14.3. The van der Waals surface area contributed by atoms with E-state index in [9.17, 15) is 14.4 Å². The normalized spacial score (nSPS) is 20.0. The van der Waals surface area contributed by atoms with E-state index in [0.717, 1.165) is 69.0 Å². The van der Waals surface area contributed by atoms with E-state index in [-0.39, 0.29) is 36.2 Å². The number of aliphatic imine (C=N–C) groups is 1. The fraction of sp³-hybridized carbons (Fsp3) is 0.340. The number of morpholine rings is 1.